The number of hydrogen-bond acceptors (Lipinski definition) is 5. The number of halogens is 1. The molecule has 0 spiro atoms. The molecule has 0 aliphatic heterocycles. The first-order valence-corrected chi connectivity index (χ1v) is 12.0. The zero-order valence-corrected chi connectivity index (χ0v) is 16.9. The van der Waals surface area contributed by atoms with Gasteiger partial charge in [0.1, 0.15) is 0 Å². The Kier molecular flexibility index (Phi) is 5.12. The fourth-order valence-corrected chi connectivity index (χ4v) is 4.05. The Morgan fingerprint density at radius 2 is 1.19 bits per heavy atom. The minimum absolute atomic E-state index is 0.222. The van der Waals surface area contributed by atoms with Crippen molar-refractivity contribution < 1.29 is 16.8 Å². The molecule has 0 atom stereocenters. The summed E-state index contributed by atoms with van der Waals surface area (Å²) in [5, 5.41) is 0.439. The summed E-state index contributed by atoms with van der Waals surface area (Å²) < 4.78 is 46.6. The van der Waals surface area contributed by atoms with Crippen molar-refractivity contribution in [1.29, 1.82) is 0 Å². The minimum Gasteiger partial charge on any atom is -0.254 e. The van der Waals surface area contributed by atoms with Crippen molar-refractivity contribution in [1.82, 2.24) is 4.98 Å². The van der Waals surface area contributed by atoms with Crippen LogP contribution in [0.25, 0.3) is 22.4 Å². The van der Waals surface area contributed by atoms with Gasteiger partial charge in [-0.25, -0.2) is 16.8 Å². The second-order valence-electron chi connectivity index (χ2n) is 6.14. The van der Waals surface area contributed by atoms with Crippen LogP contribution in [0, 0.1) is 0 Å². The molecule has 3 aromatic rings. The summed E-state index contributed by atoms with van der Waals surface area (Å²) in [6.07, 6.45) is 3.81. The van der Waals surface area contributed by atoms with Crippen LogP contribution in [0.5, 0.6) is 0 Å². The average Bonchev–Trinajstić information content (AvgIpc) is 2.60. The smallest absolute Gasteiger partial charge is 0.175 e. The lowest BCUT2D eigenvalue weighted by Crippen LogP contribution is -1.98. The van der Waals surface area contributed by atoms with Crippen molar-refractivity contribution in [2.45, 2.75) is 9.79 Å². The Morgan fingerprint density at radius 3 is 1.63 bits per heavy atom. The molecule has 2 aromatic carbocycles. The van der Waals surface area contributed by atoms with Crippen molar-refractivity contribution in [2.24, 2.45) is 0 Å². The van der Waals surface area contributed by atoms with Crippen LogP contribution in [0.3, 0.4) is 0 Å². The van der Waals surface area contributed by atoms with Crippen LogP contribution in [0.15, 0.2) is 70.6 Å². The van der Waals surface area contributed by atoms with Gasteiger partial charge in [0.2, 0.25) is 0 Å². The number of rotatable bonds is 4. The number of aromatic nitrogens is 1. The number of nitrogens with zero attached hydrogens (tertiary/aromatic N) is 1. The van der Waals surface area contributed by atoms with Gasteiger partial charge in [0.15, 0.2) is 19.7 Å². The first kappa shape index (κ1) is 19.5. The summed E-state index contributed by atoms with van der Waals surface area (Å²) in [6.45, 7) is 0. The quantitative estimate of drug-likeness (QED) is 0.638. The maximum absolute atomic E-state index is 11.7. The molecule has 0 saturated heterocycles. The molecule has 0 amide bonds. The molecule has 140 valence electrons. The van der Waals surface area contributed by atoms with Gasteiger partial charge in [-0.2, -0.15) is 0 Å². The van der Waals surface area contributed by atoms with E-state index in [1.54, 1.807) is 30.3 Å². The predicted molar refractivity (Wildman–Crippen MR) is 106 cm³/mol. The molecule has 0 unspecified atom stereocenters. The third-order valence-electron chi connectivity index (χ3n) is 4.00. The topological polar surface area (TPSA) is 81.2 Å². The summed E-state index contributed by atoms with van der Waals surface area (Å²) in [7, 11) is -6.58. The number of sulfone groups is 2. The number of pyridine rings is 1. The van der Waals surface area contributed by atoms with Crippen molar-refractivity contribution in [2.75, 3.05) is 12.5 Å². The summed E-state index contributed by atoms with van der Waals surface area (Å²) in [6, 6.07) is 14.6. The second-order valence-corrected chi connectivity index (χ2v) is 10.6. The third-order valence-corrected chi connectivity index (χ3v) is 6.47. The molecule has 27 heavy (non-hydrogen) atoms. The van der Waals surface area contributed by atoms with Crippen molar-refractivity contribution in [3.8, 4) is 22.4 Å². The van der Waals surface area contributed by atoms with Gasteiger partial charge in [-0.15, -0.1) is 0 Å². The molecule has 0 aliphatic carbocycles. The lowest BCUT2D eigenvalue weighted by atomic mass is 9.99. The van der Waals surface area contributed by atoms with Crippen LogP contribution in [0.1, 0.15) is 0 Å². The average molecular weight is 422 g/mol. The molecule has 8 heteroatoms. The lowest BCUT2D eigenvalue weighted by Gasteiger charge is -2.11. The normalized spacial score (nSPS) is 12.1. The molecular formula is C19H16ClNO4S2. The van der Waals surface area contributed by atoms with E-state index in [4.69, 9.17) is 11.6 Å². The number of benzene rings is 2. The van der Waals surface area contributed by atoms with Gasteiger partial charge in [0.25, 0.3) is 0 Å². The Bertz CT molecular complexity index is 1200. The highest BCUT2D eigenvalue weighted by molar-refractivity contribution is 7.91. The van der Waals surface area contributed by atoms with Crippen LogP contribution in [0.2, 0.25) is 5.02 Å². The van der Waals surface area contributed by atoms with Gasteiger partial charge in [-0.1, -0.05) is 35.9 Å². The molecule has 0 aliphatic rings. The first-order chi connectivity index (χ1) is 12.6. The van der Waals surface area contributed by atoms with Gasteiger partial charge in [0, 0.05) is 29.8 Å². The zero-order valence-electron chi connectivity index (χ0n) is 14.5. The van der Waals surface area contributed by atoms with E-state index in [0.29, 0.717) is 10.7 Å². The number of hydrogen-bond donors (Lipinski definition) is 0. The van der Waals surface area contributed by atoms with E-state index < -0.39 is 19.7 Å². The zero-order chi connectivity index (χ0) is 19.8. The van der Waals surface area contributed by atoms with Crippen LogP contribution in [0.4, 0.5) is 0 Å². The highest BCUT2D eigenvalue weighted by Gasteiger charge is 2.13. The van der Waals surface area contributed by atoms with Gasteiger partial charge in [0.05, 0.1) is 20.5 Å². The second kappa shape index (κ2) is 7.07. The van der Waals surface area contributed by atoms with E-state index in [1.165, 1.54) is 30.5 Å². The summed E-state index contributed by atoms with van der Waals surface area (Å²) in [5.74, 6) is 0. The molecule has 3 rings (SSSR count). The van der Waals surface area contributed by atoms with Gasteiger partial charge < -0.3 is 0 Å². The van der Waals surface area contributed by atoms with E-state index in [2.05, 4.69) is 4.98 Å². The van der Waals surface area contributed by atoms with Crippen LogP contribution < -0.4 is 0 Å². The fourth-order valence-electron chi connectivity index (χ4n) is 2.63. The van der Waals surface area contributed by atoms with Crippen molar-refractivity contribution >= 4 is 31.3 Å². The largest absolute Gasteiger partial charge is 0.254 e. The highest BCUT2D eigenvalue weighted by atomic mass is 35.5. The summed E-state index contributed by atoms with van der Waals surface area (Å²) in [5.41, 5.74) is 2.81. The minimum atomic E-state index is -3.29. The van der Waals surface area contributed by atoms with Crippen LogP contribution in [-0.2, 0) is 19.7 Å². The molecule has 0 radical (unpaired) electrons. The predicted octanol–water partition coefficient (Wildman–Crippen LogP) is 3.88. The molecular weight excluding hydrogens is 406 g/mol. The first-order valence-electron chi connectivity index (χ1n) is 7.82. The SMILES string of the molecule is CS(=O)(=O)c1ccc(-c2cc(Cl)cnc2-c2ccc(S(C)(=O)=O)cc2)cc1. The fraction of sp³-hybridized carbons (Fsp3) is 0.105. The standard InChI is InChI=1S/C19H16ClNO4S2/c1-26(22,23)16-7-3-13(4-8-16)18-11-15(20)12-21-19(18)14-5-9-17(10-6-14)27(2,24)25/h3-12H,1-2H3. The highest BCUT2D eigenvalue weighted by Crippen LogP contribution is 2.33. The summed E-state index contributed by atoms with van der Waals surface area (Å²) >= 11 is 6.11. The van der Waals surface area contributed by atoms with E-state index in [1.807, 2.05) is 0 Å². The van der Waals surface area contributed by atoms with Crippen molar-refractivity contribution in [3.63, 3.8) is 0 Å². The van der Waals surface area contributed by atoms with E-state index in [-0.39, 0.29) is 9.79 Å². The third kappa shape index (κ3) is 4.37. The molecule has 1 aromatic heterocycles. The van der Waals surface area contributed by atoms with Gasteiger partial charge >= 0.3 is 0 Å². The van der Waals surface area contributed by atoms with Crippen LogP contribution >= 0.6 is 11.6 Å². The van der Waals surface area contributed by atoms with Gasteiger partial charge in [-0.3, -0.25) is 4.98 Å². The molecule has 0 saturated carbocycles. The maximum Gasteiger partial charge on any atom is 0.175 e. The maximum atomic E-state index is 11.7. The Balaban J connectivity index is 2.11. The molecule has 0 N–H and O–H groups in total. The van der Waals surface area contributed by atoms with E-state index in [0.717, 1.165) is 29.2 Å². The van der Waals surface area contributed by atoms with Gasteiger partial charge in [-0.05, 0) is 35.9 Å². The Morgan fingerprint density at radius 1 is 0.741 bits per heavy atom. The van der Waals surface area contributed by atoms with E-state index >= 15 is 0 Å². The molecule has 0 bridgehead atoms. The molecule has 5 nitrogen and oxygen atoms in total. The monoisotopic (exact) mass is 421 g/mol. The van der Waals surface area contributed by atoms with E-state index in [9.17, 15) is 16.8 Å². The van der Waals surface area contributed by atoms with Crippen LogP contribution in [-0.4, -0.2) is 34.3 Å². The Hall–Kier alpha value is -2.22. The molecule has 1 heterocycles. The van der Waals surface area contributed by atoms with Crippen molar-refractivity contribution in [3.05, 3.63) is 65.8 Å². The summed E-state index contributed by atoms with van der Waals surface area (Å²) in [4.78, 5) is 4.83. The molecule has 0 fully saturated rings. The lowest BCUT2D eigenvalue weighted by molar-refractivity contribution is 0.600. The Labute approximate surface area is 163 Å².